The number of carbonyl (C=O) groups is 1. The molecule has 0 N–H and O–H groups in total. The molecule has 164 valence electrons. The highest BCUT2D eigenvalue weighted by atomic mass is 79.9. The normalized spacial score (nSPS) is 12.7. The maximum atomic E-state index is 13.2. The van der Waals surface area contributed by atoms with Crippen molar-refractivity contribution in [2.24, 2.45) is 5.10 Å². The highest BCUT2D eigenvalue weighted by Crippen LogP contribution is 2.28. The lowest BCUT2D eigenvalue weighted by atomic mass is 10.1. The summed E-state index contributed by atoms with van der Waals surface area (Å²) < 4.78 is 9.04. The zero-order valence-electron chi connectivity index (χ0n) is 18.3. The van der Waals surface area contributed by atoms with Gasteiger partial charge in [-0.1, -0.05) is 41.1 Å². The van der Waals surface area contributed by atoms with Crippen molar-refractivity contribution in [1.82, 2.24) is 14.2 Å². The molecule has 2 heterocycles. The molecule has 4 rings (SSSR count). The summed E-state index contributed by atoms with van der Waals surface area (Å²) in [5.41, 5.74) is 3.00. The summed E-state index contributed by atoms with van der Waals surface area (Å²) in [6.45, 7) is 5.67. The van der Waals surface area contributed by atoms with Gasteiger partial charge in [0.1, 0.15) is 11.9 Å². The molecule has 0 saturated carbocycles. The molecule has 0 aliphatic heterocycles. The van der Waals surface area contributed by atoms with Crippen molar-refractivity contribution in [3.63, 3.8) is 0 Å². The first-order valence-electron chi connectivity index (χ1n) is 10.3. The highest BCUT2D eigenvalue weighted by Gasteiger charge is 2.22. The SMILES string of the molecule is CCc1nc2ccc(Br)cc2c(=O)n1N=Cc1c(C)n([C@H](C)C(=O)OC)c2ccccc12. The lowest BCUT2D eigenvalue weighted by Gasteiger charge is -2.15. The van der Waals surface area contributed by atoms with E-state index in [0.29, 0.717) is 23.1 Å². The summed E-state index contributed by atoms with van der Waals surface area (Å²) in [6, 6.07) is 12.7. The van der Waals surface area contributed by atoms with Crippen molar-refractivity contribution in [2.75, 3.05) is 7.11 Å². The van der Waals surface area contributed by atoms with E-state index in [1.807, 2.05) is 54.8 Å². The summed E-state index contributed by atoms with van der Waals surface area (Å²) in [4.78, 5) is 30.1. The van der Waals surface area contributed by atoms with Crippen LogP contribution in [0.2, 0.25) is 0 Å². The Labute approximate surface area is 193 Å². The molecule has 2 aromatic carbocycles. The molecule has 0 spiro atoms. The van der Waals surface area contributed by atoms with Crippen LogP contribution in [0.25, 0.3) is 21.8 Å². The van der Waals surface area contributed by atoms with E-state index >= 15 is 0 Å². The van der Waals surface area contributed by atoms with E-state index < -0.39 is 6.04 Å². The Morgan fingerprint density at radius 1 is 1.25 bits per heavy atom. The first-order chi connectivity index (χ1) is 15.4. The van der Waals surface area contributed by atoms with Gasteiger partial charge in [-0.25, -0.2) is 9.78 Å². The molecule has 0 fully saturated rings. The Balaban J connectivity index is 1.91. The van der Waals surface area contributed by atoms with Gasteiger partial charge in [-0.15, -0.1) is 0 Å². The summed E-state index contributed by atoms with van der Waals surface area (Å²) in [6.07, 6.45) is 2.23. The van der Waals surface area contributed by atoms with Crippen molar-refractivity contribution in [3.05, 3.63) is 74.4 Å². The fraction of sp³-hybridized carbons (Fsp3) is 0.250. The molecule has 32 heavy (non-hydrogen) atoms. The number of fused-ring (bicyclic) bond motifs is 2. The minimum atomic E-state index is -0.499. The molecule has 2 aromatic heterocycles. The van der Waals surface area contributed by atoms with E-state index in [1.165, 1.54) is 11.8 Å². The predicted octanol–water partition coefficient (Wildman–Crippen LogP) is 4.60. The van der Waals surface area contributed by atoms with Crippen LogP contribution in [-0.2, 0) is 16.0 Å². The molecule has 1 atom stereocenters. The first-order valence-corrected chi connectivity index (χ1v) is 11.1. The molecule has 0 amide bonds. The van der Waals surface area contributed by atoms with E-state index in [9.17, 15) is 9.59 Å². The average molecular weight is 495 g/mol. The number of carbonyl (C=O) groups excluding carboxylic acids is 1. The fourth-order valence-electron chi connectivity index (χ4n) is 4.01. The van der Waals surface area contributed by atoms with Crippen LogP contribution in [0.15, 0.2) is 56.8 Å². The Morgan fingerprint density at radius 3 is 2.72 bits per heavy atom. The third-order valence-corrected chi connectivity index (χ3v) is 6.12. The highest BCUT2D eigenvalue weighted by molar-refractivity contribution is 9.10. The van der Waals surface area contributed by atoms with Gasteiger partial charge >= 0.3 is 5.97 Å². The summed E-state index contributed by atoms with van der Waals surface area (Å²) >= 11 is 3.42. The first kappa shape index (κ1) is 22.0. The molecule has 8 heteroatoms. The molecular weight excluding hydrogens is 472 g/mol. The fourth-order valence-corrected chi connectivity index (χ4v) is 4.37. The number of aromatic nitrogens is 3. The van der Waals surface area contributed by atoms with Crippen LogP contribution in [0.4, 0.5) is 0 Å². The minimum Gasteiger partial charge on any atom is -0.467 e. The lowest BCUT2D eigenvalue weighted by Crippen LogP contribution is -2.22. The number of ether oxygens (including phenoxy) is 1. The van der Waals surface area contributed by atoms with Crippen LogP contribution >= 0.6 is 15.9 Å². The van der Waals surface area contributed by atoms with E-state index in [4.69, 9.17) is 4.74 Å². The van der Waals surface area contributed by atoms with Crippen LogP contribution < -0.4 is 5.56 Å². The summed E-state index contributed by atoms with van der Waals surface area (Å²) in [5.74, 6) is 0.247. The molecule has 0 radical (unpaired) electrons. The number of aryl methyl sites for hydroxylation is 1. The number of methoxy groups -OCH3 is 1. The molecule has 4 aromatic rings. The monoisotopic (exact) mass is 494 g/mol. The van der Waals surface area contributed by atoms with Crippen molar-refractivity contribution >= 4 is 49.9 Å². The molecule has 0 saturated heterocycles. The van der Waals surface area contributed by atoms with Crippen LogP contribution in [0.3, 0.4) is 0 Å². The topological polar surface area (TPSA) is 78.5 Å². The van der Waals surface area contributed by atoms with Gasteiger partial charge in [0, 0.05) is 33.1 Å². The largest absolute Gasteiger partial charge is 0.467 e. The predicted molar refractivity (Wildman–Crippen MR) is 129 cm³/mol. The summed E-state index contributed by atoms with van der Waals surface area (Å²) in [7, 11) is 1.38. The number of para-hydroxylation sites is 1. The van der Waals surface area contributed by atoms with Gasteiger partial charge in [-0.05, 0) is 38.1 Å². The standard InChI is InChI=1S/C24H23BrN4O3/c1-5-22-27-20-11-10-16(25)12-18(20)23(30)29(22)26-13-19-14(2)28(15(3)24(31)32-4)21-9-7-6-8-17(19)21/h6-13,15H,5H2,1-4H3/t15-/m1/s1. The molecule has 0 aliphatic rings. The second-order valence-electron chi connectivity index (χ2n) is 7.49. The molecule has 0 aliphatic carbocycles. The third kappa shape index (κ3) is 3.64. The van der Waals surface area contributed by atoms with E-state index in [2.05, 4.69) is 26.0 Å². The number of esters is 1. The number of nitrogens with zero attached hydrogens (tertiary/aromatic N) is 4. The molecule has 7 nitrogen and oxygen atoms in total. The number of halogens is 1. The van der Waals surface area contributed by atoms with Gasteiger partial charge in [0.05, 0.1) is 24.2 Å². The van der Waals surface area contributed by atoms with Crippen molar-refractivity contribution in [3.8, 4) is 0 Å². The van der Waals surface area contributed by atoms with Crippen molar-refractivity contribution in [2.45, 2.75) is 33.2 Å². The van der Waals surface area contributed by atoms with E-state index in [0.717, 1.165) is 26.6 Å². The van der Waals surface area contributed by atoms with Crippen molar-refractivity contribution < 1.29 is 9.53 Å². The number of hydrogen-bond donors (Lipinski definition) is 0. The molecule has 0 bridgehead atoms. The second kappa shape index (κ2) is 8.70. The maximum absolute atomic E-state index is 13.2. The van der Waals surface area contributed by atoms with E-state index in [-0.39, 0.29) is 11.5 Å². The minimum absolute atomic E-state index is 0.228. The number of benzene rings is 2. The second-order valence-corrected chi connectivity index (χ2v) is 8.41. The average Bonchev–Trinajstić information content (AvgIpc) is 3.08. The van der Waals surface area contributed by atoms with Gasteiger partial charge in [0.25, 0.3) is 5.56 Å². The maximum Gasteiger partial charge on any atom is 0.328 e. The van der Waals surface area contributed by atoms with Gasteiger partial charge in [-0.3, -0.25) is 4.79 Å². The van der Waals surface area contributed by atoms with Gasteiger partial charge in [0.15, 0.2) is 0 Å². The summed E-state index contributed by atoms with van der Waals surface area (Å²) in [5, 5.41) is 5.98. The van der Waals surface area contributed by atoms with Crippen molar-refractivity contribution in [1.29, 1.82) is 0 Å². The van der Waals surface area contributed by atoms with Crippen LogP contribution in [0.5, 0.6) is 0 Å². The Hall–Kier alpha value is -3.26. The van der Waals surface area contributed by atoms with Crippen LogP contribution in [-0.4, -0.2) is 33.5 Å². The zero-order valence-corrected chi connectivity index (χ0v) is 19.9. The third-order valence-electron chi connectivity index (χ3n) is 5.63. The molecular formula is C24H23BrN4O3. The van der Waals surface area contributed by atoms with Crippen LogP contribution in [0, 0.1) is 6.92 Å². The Kier molecular flexibility index (Phi) is 5.97. The smallest absolute Gasteiger partial charge is 0.328 e. The Bertz CT molecular complexity index is 1430. The zero-order chi connectivity index (χ0) is 23.0. The van der Waals surface area contributed by atoms with Gasteiger partial charge in [-0.2, -0.15) is 9.78 Å². The van der Waals surface area contributed by atoms with Gasteiger partial charge in [0.2, 0.25) is 0 Å². The van der Waals surface area contributed by atoms with E-state index in [1.54, 1.807) is 19.2 Å². The number of rotatable bonds is 5. The number of hydrogen-bond acceptors (Lipinski definition) is 5. The Morgan fingerprint density at radius 2 is 2.00 bits per heavy atom. The molecule has 0 unspecified atom stereocenters. The lowest BCUT2D eigenvalue weighted by molar-refractivity contribution is -0.143. The van der Waals surface area contributed by atoms with Crippen LogP contribution in [0.1, 0.15) is 37.0 Å². The quantitative estimate of drug-likeness (QED) is 0.300. The van der Waals surface area contributed by atoms with Gasteiger partial charge < -0.3 is 9.30 Å².